The number of fused-ring (bicyclic) bond motifs is 1. The van der Waals surface area contributed by atoms with Crippen molar-refractivity contribution in [3.8, 4) is 0 Å². The predicted octanol–water partition coefficient (Wildman–Crippen LogP) is 2.57. The molecule has 1 fully saturated rings. The minimum absolute atomic E-state index is 0.335. The SMILES string of the molecule is O=C(O)C1(C(=O)NCc2ccc(Cn3cnc4ccccc43)cc2)CC1. The highest BCUT2D eigenvalue weighted by atomic mass is 16.4. The summed E-state index contributed by atoms with van der Waals surface area (Å²) in [5.74, 6) is -1.42. The number of rotatable bonds is 6. The lowest BCUT2D eigenvalue weighted by Crippen LogP contribution is -2.36. The quantitative estimate of drug-likeness (QED) is 0.670. The first-order valence-corrected chi connectivity index (χ1v) is 8.58. The molecule has 1 amide bonds. The number of carbonyl (C=O) groups excluding carboxylic acids is 1. The molecule has 1 aliphatic carbocycles. The highest BCUT2D eigenvalue weighted by Gasteiger charge is 2.56. The number of hydrogen-bond donors (Lipinski definition) is 2. The maximum absolute atomic E-state index is 12.0. The van der Waals surface area contributed by atoms with E-state index in [1.165, 1.54) is 0 Å². The number of nitrogens with zero attached hydrogens (tertiary/aromatic N) is 2. The molecule has 4 rings (SSSR count). The molecule has 1 saturated carbocycles. The lowest BCUT2D eigenvalue weighted by Gasteiger charge is -2.11. The van der Waals surface area contributed by atoms with Gasteiger partial charge in [-0.25, -0.2) is 4.98 Å². The number of hydrogen-bond acceptors (Lipinski definition) is 3. The number of aromatic nitrogens is 2. The second-order valence-corrected chi connectivity index (χ2v) is 6.75. The number of amides is 1. The Kier molecular flexibility index (Phi) is 3.95. The third kappa shape index (κ3) is 2.94. The third-order valence-electron chi connectivity index (χ3n) is 4.95. The maximum atomic E-state index is 12.0. The summed E-state index contributed by atoms with van der Waals surface area (Å²) in [7, 11) is 0. The predicted molar refractivity (Wildman–Crippen MR) is 96.4 cm³/mol. The molecule has 1 aromatic heterocycles. The van der Waals surface area contributed by atoms with Crippen LogP contribution in [0, 0.1) is 5.41 Å². The number of carboxylic acid groups (broad SMARTS) is 1. The average Bonchev–Trinajstić information content (AvgIpc) is 3.39. The molecule has 26 heavy (non-hydrogen) atoms. The Balaban J connectivity index is 1.39. The molecule has 1 aliphatic rings. The van der Waals surface area contributed by atoms with Crippen LogP contribution < -0.4 is 5.32 Å². The average molecular weight is 349 g/mol. The lowest BCUT2D eigenvalue weighted by atomic mass is 10.1. The van der Waals surface area contributed by atoms with Crippen LogP contribution >= 0.6 is 0 Å². The lowest BCUT2D eigenvalue weighted by molar-refractivity contribution is -0.149. The molecular weight excluding hydrogens is 330 g/mol. The molecular formula is C20H19N3O3. The summed E-state index contributed by atoms with van der Waals surface area (Å²) in [6.45, 7) is 1.05. The molecule has 6 heteroatoms. The standard InChI is InChI=1S/C20H19N3O3/c24-18(20(9-10-20)19(25)26)21-11-14-5-7-15(8-6-14)12-23-13-22-16-3-1-2-4-17(16)23/h1-8,13H,9-12H2,(H,21,24)(H,25,26). The number of para-hydroxylation sites is 2. The summed E-state index contributed by atoms with van der Waals surface area (Å²) in [5, 5.41) is 11.9. The molecule has 0 bridgehead atoms. The number of imidazole rings is 1. The summed E-state index contributed by atoms with van der Waals surface area (Å²) in [6.07, 6.45) is 2.68. The van der Waals surface area contributed by atoms with Crippen LogP contribution in [-0.2, 0) is 22.7 Å². The fourth-order valence-electron chi connectivity index (χ4n) is 3.11. The molecule has 0 spiro atoms. The van der Waals surface area contributed by atoms with Gasteiger partial charge in [-0.2, -0.15) is 0 Å². The van der Waals surface area contributed by atoms with Gasteiger partial charge < -0.3 is 15.0 Å². The first-order valence-electron chi connectivity index (χ1n) is 8.58. The third-order valence-corrected chi connectivity index (χ3v) is 4.95. The summed E-state index contributed by atoms with van der Waals surface area (Å²) >= 11 is 0. The number of aliphatic carboxylic acids is 1. The first-order chi connectivity index (χ1) is 12.6. The maximum Gasteiger partial charge on any atom is 0.319 e. The zero-order valence-corrected chi connectivity index (χ0v) is 14.2. The monoisotopic (exact) mass is 349 g/mol. The van der Waals surface area contributed by atoms with Crippen molar-refractivity contribution in [2.75, 3.05) is 0 Å². The Morgan fingerprint density at radius 3 is 2.46 bits per heavy atom. The van der Waals surface area contributed by atoms with Gasteiger partial charge in [-0.3, -0.25) is 9.59 Å². The molecule has 132 valence electrons. The molecule has 0 radical (unpaired) electrons. The smallest absolute Gasteiger partial charge is 0.319 e. The molecule has 0 aliphatic heterocycles. The van der Waals surface area contributed by atoms with E-state index in [1.807, 2.05) is 54.9 Å². The van der Waals surface area contributed by atoms with Crippen molar-refractivity contribution in [3.63, 3.8) is 0 Å². The normalized spacial score (nSPS) is 14.9. The van der Waals surface area contributed by atoms with Crippen LogP contribution in [0.25, 0.3) is 11.0 Å². The van der Waals surface area contributed by atoms with Gasteiger partial charge in [0.05, 0.1) is 17.4 Å². The van der Waals surface area contributed by atoms with Gasteiger partial charge in [0.1, 0.15) is 5.41 Å². The fraction of sp³-hybridized carbons (Fsp3) is 0.250. The van der Waals surface area contributed by atoms with Crippen molar-refractivity contribution in [1.29, 1.82) is 0 Å². The first kappa shape index (κ1) is 16.3. The van der Waals surface area contributed by atoms with Crippen LogP contribution in [0.1, 0.15) is 24.0 Å². The van der Waals surface area contributed by atoms with Crippen molar-refractivity contribution in [2.45, 2.75) is 25.9 Å². The topological polar surface area (TPSA) is 84.2 Å². The van der Waals surface area contributed by atoms with E-state index in [4.69, 9.17) is 5.11 Å². The van der Waals surface area contributed by atoms with Crippen LogP contribution in [0.3, 0.4) is 0 Å². The number of benzene rings is 2. The van der Waals surface area contributed by atoms with Crippen LogP contribution in [0.15, 0.2) is 54.9 Å². The van der Waals surface area contributed by atoms with E-state index >= 15 is 0 Å². The van der Waals surface area contributed by atoms with Crippen molar-refractivity contribution in [2.24, 2.45) is 5.41 Å². The number of carbonyl (C=O) groups is 2. The molecule has 2 aromatic carbocycles. The van der Waals surface area contributed by atoms with Gasteiger partial charge in [0.2, 0.25) is 5.91 Å². The van der Waals surface area contributed by atoms with Gasteiger partial charge in [0.15, 0.2) is 0 Å². The van der Waals surface area contributed by atoms with Crippen LogP contribution in [0.4, 0.5) is 0 Å². The van der Waals surface area contributed by atoms with Crippen molar-refractivity contribution < 1.29 is 14.7 Å². The summed E-state index contributed by atoms with van der Waals surface area (Å²) in [4.78, 5) is 27.6. The molecule has 1 heterocycles. The Morgan fingerprint density at radius 2 is 1.77 bits per heavy atom. The summed E-state index contributed by atoms with van der Waals surface area (Å²) in [6, 6.07) is 15.9. The zero-order chi connectivity index (χ0) is 18.1. The van der Waals surface area contributed by atoms with E-state index in [-0.39, 0.29) is 5.91 Å². The van der Waals surface area contributed by atoms with Gasteiger partial charge in [-0.1, -0.05) is 36.4 Å². The Bertz CT molecular complexity index is 971. The van der Waals surface area contributed by atoms with Gasteiger partial charge in [-0.15, -0.1) is 0 Å². The second-order valence-electron chi connectivity index (χ2n) is 6.75. The second kappa shape index (κ2) is 6.29. The van der Waals surface area contributed by atoms with Crippen LogP contribution in [0.5, 0.6) is 0 Å². The van der Waals surface area contributed by atoms with Crippen LogP contribution in [-0.4, -0.2) is 26.5 Å². The largest absolute Gasteiger partial charge is 0.480 e. The molecule has 2 N–H and O–H groups in total. The molecule has 0 saturated heterocycles. The minimum atomic E-state index is -1.19. The molecule has 0 unspecified atom stereocenters. The number of nitrogens with one attached hydrogen (secondary N) is 1. The Hall–Kier alpha value is -3.15. The van der Waals surface area contributed by atoms with Crippen molar-refractivity contribution in [1.82, 2.24) is 14.9 Å². The van der Waals surface area contributed by atoms with Gasteiger partial charge in [-0.05, 0) is 36.1 Å². The molecule has 0 atom stereocenters. The van der Waals surface area contributed by atoms with Crippen molar-refractivity contribution in [3.05, 3.63) is 66.0 Å². The van der Waals surface area contributed by atoms with E-state index in [0.29, 0.717) is 19.4 Å². The Morgan fingerprint density at radius 1 is 1.08 bits per heavy atom. The van der Waals surface area contributed by atoms with Gasteiger partial charge in [0, 0.05) is 13.1 Å². The number of carboxylic acids is 1. The highest BCUT2D eigenvalue weighted by Crippen LogP contribution is 2.46. The summed E-state index contributed by atoms with van der Waals surface area (Å²) in [5.41, 5.74) is 2.94. The van der Waals surface area contributed by atoms with Gasteiger partial charge in [0.25, 0.3) is 0 Å². The van der Waals surface area contributed by atoms with E-state index < -0.39 is 11.4 Å². The Labute approximate surface area is 150 Å². The fourth-order valence-corrected chi connectivity index (χ4v) is 3.11. The summed E-state index contributed by atoms with van der Waals surface area (Å²) < 4.78 is 2.09. The van der Waals surface area contributed by atoms with E-state index in [2.05, 4.69) is 14.9 Å². The van der Waals surface area contributed by atoms with E-state index in [9.17, 15) is 9.59 Å². The molecule has 3 aromatic rings. The van der Waals surface area contributed by atoms with E-state index in [0.717, 1.165) is 28.7 Å². The van der Waals surface area contributed by atoms with Crippen molar-refractivity contribution >= 4 is 22.9 Å². The zero-order valence-electron chi connectivity index (χ0n) is 14.2. The van der Waals surface area contributed by atoms with E-state index in [1.54, 1.807) is 0 Å². The van der Waals surface area contributed by atoms with Gasteiger partial charge >= 0.3 is 5.97 Å². The highest BCUT2D eigenvalue weighted by molar-refractivity contribution is 6.04. The molecule has 6 nitrogen and oxygen atoms in total. The van der Waals surface area contributed by atoms with Crippen LogP contribution in [0.2, 0.25) is 0 Å². The minimum Gasteiger partial charge on any atom is -0.480 e.